The van der Waals surface area contributed by atoms with Crippen molar-refractivity contribution >= 4 is 11.4 Å². The second kappa shape index (κ2) is 3.52. The molecular formula is C12H18N2. The fraction of sp³-hybridized carbons (Fsp3) is 0.500. The van der Waals surface area contributed by atoms with Crippen LogP contribution in [0.1, 0.15) is 25.3 Å². The van der Waals surface area contributed by atoms with E-state index in [-0.39, 0.29) is 0 Å². The van der Waals surface area contributed by atoms with Crippen molar-refractivity contribution < 1.29 is 0 Å². The molecule has 0 radical (unpaired) electrons. The number of anilines is 2. The maximum Gasteiger partial charge on any atom is 0.0605 e. The summed E-state index contributed by atoms with van der Waals surface area (Å²) in [6.07, 6.45) is 2.72. The minimum absolute atomic E-state index is 0.554. The van der Waals surface area contributed by atoms with Gasteiger partial charge in [0.2, 0.25) is 0 Å². The van der Waals surface area contributed by atoms with Gasteiger partial charge in [0.05, 0.1) is 11.4 Å². The number of hydrogen-bond acceptors (Lipinski definition) is 2. The van der Waals surface area contributed by atoms with Gasteiger partial charge in [0.15, 0.2) is 0 Å². The third kappa shape index (κ3) is 1.84. The highest BCUT2D eigenvalue weighted by molar-refractivity contribution is 5.70. The van der Waals surface area contributed by atoms with Gasteiger partial charge in [-0.15, -0.1) is 0 Å². The Balaban J connectivity index is 2.14. The zero-order chi connectivity index (χ0) is 10.1. The van der Waals surface area contributed by atoms with Crippen molar-refractivity contribution in [3.05, 3.63) is 23.8 Å². The van der Waals surface area contributed by atoms with E-state index in [0.29, 0.717) is 6.04 Å². The Bertz CT molecular complexity index is 309. The van der Waals surface area contributed by atoms with Crippen molar-refractivity contribution in [1.82, 2.24) is 0 Å². The molecule has 3 N–H and O–H groups in total. The first-order valence-electron chi connectivity index (χ1n) is 5.30. The number of nitrogens with two attached hydrogens (primary N) is 1. The predicted molar refractivity (Wildman–Crippen MR) is 61.4 cm³/mol. The number of hydrogen-bond donors (Lipinski definition) is 2. The van der Waals surface area contributed by atoms with E-state index in [9.17, 15) is 0 Å². The van der Waals surface area contributed by atoms with E-state index in [1.165, 1.54) is 18.4 Å². The number of para-hydroxylation sites is 1. The summed E-state index contributed by atoms with van der Waals surface area (Å²) in [5.74, 6) is 0.856. The first kappa shape index (κ1) is 9.38. The normalized spacial score (nSPS) is 17.9. The Morgan fingerprint density at radius 2 is 2.14 bits per heavy atom. The second-order valence-corrected chi connectivity index (χ2v) is 4.31. The molecule has 1 aromatic rings. The third-order valence-corrected chi connectivity index (χ3v) is 3.01. The highest BCUT2D eigenvalue weighted by atomic mass is 14.9. The van der Waals surface area contributed by atoms with Crippen LogP contribution in [0.3, 0.4) is 0 Å². The van der Waals surface area contributed by atoms with E-state index >= 15 is 0 Å². The molecule has 0 amide bonds. The van der Waals surface area contributed by atoms with Crippen molar-refractivity contribution in [1.29, 1.82) is 0 Å². The quantitative estimate of drug-likeness (QED) is 0.719. The maximum atomic E-state index is 5.93. The van der Waals surface area contributed by atoms with Gasteiger partial charge in [0, 0.05) is 6.04 Å². The maximum absolute atomic E-state index is 5.93. The minimum atomic E-state index is 0.554. The smallest absolute Gasteiger partial charge is 0.0605 e. The lowest BCUT2D eigenvalue weighted by Crippen LogP contribution is -2.18. The summed E-state index contributed by atoms with van der Waals surface area (Å²) in [6, 6.07) is 6.60. The Labute approximate surface area is 85.5 Å². The lowest BCUT2D eigenvalue weighted by atomic mass is 10.1. The van der Waals surface area contributed by atoms with Gasteiger partial charge in [-0.1, -0.05) is 12.1 Å². The Morgan fingerprint density at radius 3 is 2.71 bits per heavy atom. The molecule has 0 saturated heterocycles. The average Bonchev–Trinajstić information content (AvgIpc) is 2.94. The van der Waals surface area contributed by atoms with Gasteiger partial charge >= 0.3 is 0 Å². The predicted octanol–water partition coefficient (Wildman–Crippen LogP) is 2.79. The van der Waals surface area contributed by atoms with Gasteiger partial charge in [0.25, 0.3) is 0 Å². The molecule has 1 aliphatic rings. The average molecular weight is 190 g/mol. The molecule has 1 aliphatic carbocycles. The van der Waals surface area contributed by atoms with E-state index in [1.807, 2.05) is 12.1 Å². The summed E-state index contributed by atoms with van der Waals surface area (Å²) in [5.41, 5.74) is 9.14. The number of nitrogens with one attached hydrogen (secondary N) is 1. The van der Waals surface area contributed by atoms with Crippen LogP contribution < -0.4 is 11.1 Å². The van der Waals surface area contributed by atoms with Crippen LogP contribution in [0.4, 0.5) is 11.4 Å². The molecule has 2 heteroatoms. The molecule has 1 aromatic carbocycles. The second-order valence-electron chi connectivity index (χ2n) is 4.31. The summed E-state index contributed by atoms with van der Waals surface area (Å²) in [7, 11) is 0. The van der Waals surface area contributed by atoms with E-state index in [2.05, 4.69) is 25.2 Å². The first-order valence-corrected chi connectivity index (χ1v) is 5.30. The van der Waals surface area contributed by atoms with Crippen LogP contribution >= 0.6 is 0 Å². The molecule has 1 unspecified atom stereocenters. The fourth-order valence-electron chi connectivity index (χ4n) is 1.83. The van der Waals surface area contributed by atoms with Gasteiger partial charge in [-0.2, -0.15) is 0 Å². The largest absolute Gasteiger partial charge is 0.397 e. The number of benzene rings is 1. The van der Waals surface area contributed by atoms with Gasteiger partial charge in [0.1, 0.15) is 0 Å². The van der Waals surface area contributed by atoms with Crippen molar-refractivity contribution in [3.8, 4) is 0 Å². The summed E-state index contributed by atoms with van der Waals surface area (Å²) in [4.78, 5) is 0. The summed E-state index contributed by atoms with van der Waals surface area (Å²) < 4.78 is 0. The van der Waals surface area contributed by atoms with Gasteiger partial charge in [-0.3, -0.25) is 0 Å². The molecule has 0 spiro atoms. The van der Waals surface area contributed by atoms with Crippen LogP contribution in [0.2, 0.25) is 0 Å². The molecule has 0 aromatic heterocycles. The molecular weight excluding hydrogens is 172 g/mol. The zero-order valence-electron chi connectivity index (χ0n) is 8.88. The van der Waals surface area contributed by atoms with E-state index in [0.717, 1.165) is 17.3 Å². The van der Waals surface area contributed by atoms with Gasteiger partial charge in [-0.05, 0) is 44.2 Å². The van der Waals surface area contributed by atoms with Gasteiger partial charge in [-0.25, -0.2) is 0 Å². The molecule has 1 fully saturated rings. The lowest BCUT2D eigenvalue weighted by molar-refractivity contribution is 0.694. The molecule has 2 nitrogen and oxygen atoms in total. The SMILES string of the molecule is Cc1cccc(N)c1NC(C)C1CC1. The minimum Gasteiger partial charge on any atom is -0.397 e. The van der Waals surface area contributed by atoms with E-state index in [4.69, 9.17) is 5.73 Å². The fourth-order valence-corrected chi connectivity index (χ4v) is 1.83. The van der Waals surface area contributed by atoms with Crippen LogP contribution in [-0.4, -0.2) is 6.04 Å². The van der Waals surface area contributed by atoms with Crippen molar-refractivity contribution in [2.24, 2.45) is 5.92 Å². The molecule has 0 aliphatic heterocycles. The number of nitrogen functional groups attached to an aromatic ring is 1. The van der Waals surface area contributed by atoms with Crippen LogP contribution in [0, 0.1) is 12.8 Å². The standard InChI is InChI=1S/C12H18N2/c1-8-4-3-5-11(13)12(8)14-9(2)10-6-7-10/h3-5,9-10,14H,6-7,13H2,1-2H3. The summed E-state index contributed by atoms with van der Waals surface area (Å²) >= 11 is 0. The lowest BCUT2D eigenvalue weighted by Gasteiger charge is -2.18. The van der Waals surface area contributed by atoms with E-state index in [1.54, 1.807) is 0 Å². The third-order valence-electron chi connectivity index (χ3n) is 3.01. The molecule has 0 heterocycles. The highest BCUT2D eigenvalue weighted by Gasteiger charge is 2.28. The Hall–Kier alpha value is -1.18. The highest BCUT2D eigenvalue weighted by Crippen LogP contribution is 2.35. The first-order chi connectivity index (χ1) is 6.68. The molecule has 1 saturated carbocycles. The van der Waals surface area contributed by atoms with Gasteiger partial charge < -0.3 is 11.1 Å². The van der Waals surface area contributed by atoms with Crippen LogP contribution in [0.15, 0.2) is 18.2 Å². The molecule has 76 valence electrons. The number of rotatable bonds is 3. The Morgan fingerprint density at radius 1 is 1.43 bits per heavy atom. The van der Waals surface area contributed by atoms with Crippen LogP contribution in [-0.2, 0) is 0 Å². The van der Waals surface area contributed by atoms with Crippen molar-refractivity contribution in [3.63, 3.8) is 0 Å². The summed E-state index contributed by atoms with van der Waals surface area (Å²) in [6.45, 7) is 4.34. The molecule has 2 rings (SSSR count). The van der Waals surface area contributed by atoms with Crippen LogP contribution in [0.25, 0.3) is 0 Å². The number of aryl methyl sites for hydroxylation is 1. The topological polar surface area (TPSA) is 38.0 Å². The van der Waals surface area contributed by atoms with Crippen molar-refractivity contribution in [2.75, 3.05) is 11.1 Å². The monoisotopic (exact) mass is 190 g/mol. The molecule has 0 bridgehead atoms. The van der Waals surface area contributed by atoms with Crippen LogP contribution in [0.5, 0.6) is 0 Å². The zero-order valence-corrected chi connectivity index (χ0v) is 8.88. The molecule has 1 atom stereocenters. The van der Waals surface area contributed by atoms with E-state index < -0.39 is 0 Å². The molecule has 14 heavy (non-hydrogen) atoms. The Kier molecular flexibility index (Phi) is 2.36. The summed E-state index contributed by atoms with van der Waals surface area (Å²) in [5, 5.41) is 3.52. The van der Waals surface area contributed by atoms with Crippen molar-refractivity contribution in [2.45, 2.75) is 32.7 Å².